The van der Waals surface area contributed by atoms with Crippen molar-refractivity contribution in [2.24, 2.45) is 11.8 Å². The maximum atomic E-state index is 13.0. The number of ether oxygens (including phenoxy) is 1. The number of hydrogen-bond acceptors (Lipinski definition) is 3. The summed E-state index contributed by atoms with van der Waals surface area (Å²) in [6, 6.07) is 5.71. The van der Waals surface area contributed by atoms with Crippen molar-refractivity contribution in [3.05, 3.63) is 34.9 Å². The number of benzene rings is 1. The number of methoxy groups -OCH3 is 1. The van der Waals surface area contributed by atoms with Crippen LogP contribution in [0.4, 0.5) is 13.2 Å². The lowest BCUT2D eigenvalue weighted by atomic mass is 9.55. The molecule has 0 bridgehead atoms. The van der Waals surface area contributed by atoms with Crippen LogP contribution < -0.4 is 0 Å². The van der Waals surface area contributed by atoms with E-state index < -0.39 is 24.1 Å². The van der Waals surface area contributed by atoms with Crippen molar-refractivity contribution in [1.29, 1.82) is 0 Å². The fraction of sp³-hybridized carbons (Fsp3) is 0.696. The van der Waals surface area contributed by atoms with Crippen LogP contribution in [0.15, 0.2) is 18.2 Å². The van der Waals surface area contributed by atoms with Crippen molar-refractivity contribution in [2.75, 3.05) is 7.11 Å². The molecule has 1 aromatic carbocycles. The summed E-state index contributed by atoms with van der Waals surface area (Å²) in [6.45, 7) is 3.65. The van der Waals surface area contributed by atoms with E-state index in [-0.39, 0.29) is 17.3 Å². The fourth-order valence-corrected chi connectivity index (χ4v) is 5.81. The Kier molecular flexibility index (Phi) is 6.06. The Morgan fingerprint density at radius 2 is 2.07 bits per heavy atom. The molecule has 1 fully saturated rings. The largest absolute Gasteiger partial charge is 0.465 e. The second-order valence-corrected chi connectivity index (χ2v) is 8.99. The van der Waals surface area contributed by atoms with Crippen LogP contribution in [-0.4, -0.2) is 30.0 Å². The van der Waals surface area contributed by atoms with Crippen LogP contribution in [-0.2, 0) is 16.6 Å². The lowest BCUT2D eigenvalue weighted by Gasteiger charge is -2.52. The number of esters is 1. The molecular formula is C23H31F3O3. The summed E-state index contributed by atoms with van der Waals surface area (Å²) in [6.07, 6.45) is -0.324. The van der Waals surface area contributed by atoms with Crippen molar-refractivity contribution < 1.29 is 27.8 Å². The first-order chi connectivity index (χ1) is 13.5. The predicted molar refractivity (Wildman–Crippen MR) is 105 cm³/mol. The van der Waals surface area contributed by atoms with E-state index in [0.717, 1.165) is 31.2 Å². The molecule has 0 heterocycles. The highest BCUT2D eigenvalue weighted by molar-refractivity contribution is 5.89. The summed E-state index contributed by atoms with van der Waals surface area (Å²) in [4.78, 5) is 11.9. The van der Waals surface area contributed by atoms with Gasteiger partial charge < -0.3 is 9.84 Å². The molecule has 6 heteroatoms. The Morgan fingerprint density at radius 1 is 1.34 bits per heavy atom. The highest BCUT2D eigenvalue weighted by Crippen LogP contribution is 2.55. The zero-order valence-corrected chi connectivity index (χ0v) is 17.4. The topological polar surface area (TPSA) is 46.5 Å². The van der Waals surface area contributed by atoms with E-state index >= 15 is 0 Å². The van der Waals surface area contributed by atoms with Gasteiger partial charge in [0.1, 0.15) is 0 Å². The molecule has 1 saturated carbocycles. The molecule has 1 unspecified atom stereocenters. The molecule has 4 atom stereocenters. The van der Waals surface area contributed by atoms with Gasteiger partial charge in [-0.05, 0) is 85.5 Å². The van der Waals surface area contributed by atoms with Crippen LogP contribution in [0.25, 0.3) is 0 Å². The summed E-state index contributed by atoms with van der Waals surface area (Å²) in [5, 5.41) is 11.2. The fourth-order valence-electron chi connectivity index (χ4n) is 5.81. The Balaban J connectivity index is 1.94. The minimum absolute atomic E-state index is 0.132. The smallest absolute Gasteiger partial charge is 0.389 e. The van der Waals surface area contributed by atoms with E-state index in [1.54, 1.807) is 6.07 Å². The van der Waals surface area contributed by atoms with Gasteiger partial charge >= 0.3 is 12.1 Å². The zero-order chi connectivity index (χ0) is 21.4. The van der Waals surface area contributed by atoms with Gasteiger partial charge in [-0.15, -0.1) is 0 Å². The molecule has 3 nitrogen and oxygen atoms in total. The summed E-state index contributed by atoms with van der Waals surface area (Å²) in [5.41, 5.74) is 1.41. The number of hydrogen-bond donors (Lipinski definition) is 1. The predicted octanol–water partition coefficient (Wildman–Crippen LogP) is 5.58. The number of halogens is 3. The Morgan fingerprint density at radius 3 is 2.69 bits per heavy atom. The number of aliphatic hydroxyl groups is 1. The van der Waals surface area contributed by atoms with Gasteiger partial charge in [-0.2, -0.15) is 13.2 Å². The molecule has 29 heavy (non-hydrogen) atoms. The van der Waals surface area contributed by atoms with Gasteiger partial charge in [-0.1, -0.05) is 19.9 Å². The van der Waals surface area contributed by atoms with E-state index in [2.05, 4.69) is 6.92 Å². The van der Waals surface area contributed by atoms with Gasteiger partial charge in [0.15, 0.2) is 0 Å². The quantitative estimate of drug-likeness (QED) is 0.657. The summed E-state index contributed by atoms with van der Waals surface area (Å²) in [7, 11) is 1.36. The monoisotopic (exact) mass is 412 g/mol. The number of fused-ring (bicyclic) bond motifs is 3. The highest BCUT2D eigenvalue weighted by Gasteiger charge is 2.52. The van der Waals surface area contributed by atoms with Gasteiger partial charge in [0.05, 0.1) is 18.3 Å². The van der Waals surface area contributed by atoms with Crippen LogP contribution >= 0.6 is 0 Å². The number of rotatable bonds is 4. The SMILES string of the molecule is CC[C@@]12CC[C@](O)(C(C)CC(F)(F)F)C[C@@H]1CCCc1cc(C(=O)OC)ccc12. The van der Waals surface area contributed by atoms with Crippen LogP contribution in [0.5, 0.6) is 0 Å². The molecule has 0 saturated heterocycles. The molecule has 0 radical (unpaired) electrons. The summed E-state index contributed by atoms with van der Waals surface area (Å²) < 4.78 is 43.7. The third-order valence-electron chi connectivity index (χ3n) is 7.53. The normalized spacial score (nSPS) is 30.7. The second kappa shape index (κ2) is 7.93. The lowest BCUT2D eigenvalue weighted by molar-refractivity contribution is -0.173. The number of carbonyl (C=O) groups is 1. The first-order valence-electron chi connectivity index (χ1n) is 10.6. The summed E-state index contributed by atoms with van der Waals surface area (Å²) >= 11 is 0. The van der Waals surface area contributed by atoms with Gasteiger partial charge in [-0.3, -0.25) is 0 Å². The van der Waals surface area contributed by atoms with E-state index in [4.69, 9.17) is 4.74 Å². The van der Waals surface area contributed by atoms with Crippen LogP contribution in [0.3, 0.4) is 0 Å². The van der Waals surface area contributed by atoms with E-state index in [0.29, 0.717) is 24.8 Å². The maximum absolute atomic E-state index is 13.0. The lowest BCUT2D eigenvalue weighted by Crippen LogP contribution is -2.51. The number of aryl methyl sites for hydroxylation is 1. The van der Waals surface area contributed by atoms with Crippen LogP contribution in [0.1, 0.15) is 80.3 Å². The third kappa shape index (κ3) is 4.18. The molecule has 1 aromatic rings. The number of carbonyl (C=O) groups excluding carboxylic acids is 1. The Hall–Kier alpha value is -1.56. The standard InChI is InChI=1S/C23H31F3O3/c1-4-21-10-11-22(28,15(2)13-23(24,25)26)14-18(21)7-5-6-16-12-17(20(27)29-3)8-9-19(16)21/h8-9,12,15,18,28H,4-7,10-11,13-14H2,1-3H3/t15?,18-,21+,22+/m0/s1. The van der Waals surface area contributed by atoms with Crippen molar-refractivity contribution >= 4 is 5.97 Å². The van der Waals surface area contributed by atoms with E-state index in [9.17, 15) is 23.1 Å². The first-order valence-corrected chi connectivity index (χ1v) is 10.6. The van der Waals surface area contributed by atoms with Gasteiger partial charge in [0, 0.05) is 6.42 Å². The highest BCUT2D eigenvalue weighted by atomic mass is 19.4. The van der Waals surface area contributed by atoms with E-state index in [1.165, 1.54) is 19.6 Å². The second-order valence-electron chi connectivity index (χ2n) is 8.99. The molecule has 162 valence electrons. The average molecular weight is 412 g/mol. The minimum Gasteiger partial charge on any atom is -0.465 e. The Bertz CT molecular complexity index is 760. The molecule has 2 aliphatic rings. The summed E-state index contributed by atoms with van der Waals surface area (Å²) in [5.74, 6) is -1.05. The number of alkyl halides is 3. The first kappa shape index (κ1) is 22.1. The van der Waals surface area contributed by atoms with Gasteiger partial charge in [0.2, 0.25) is 0 Å². The van der Waals surface area contributed by atoms with E-state index in [1.807, 2.05) is 12.1 Å². The molecular weight excluding hydrogens is 381 g/mol. The maximum Gasteiger partial charge on any atom is 0.389 e. The van der Waals surface area contributed by atoms with Crippen LogP contribution in [0, 0.1) is 11.8 Å². The van der Waals surface area contributed by atoms with Crippen molar-refractivity contribution in [1.82, 2.24) is 0 Å². The molecule has 2 aliphatic carbocycles. The minimum atomic E-state index is -4.27. The molecule has 0 spiro atoms. The third-order valence-corrected chi connectivity index (χ3v) is 7.53. The average Bonchev–Trinajstić information content (AvgIpc) is 2.82. The zero-order valence-electron chi connectivity index (χ0n) is 17.4. The van der Waals surface area contributed by atoms with Crippen molar-refractivity contribution in [3.63, 3.8) is 0 Å². The van der Waals surface area contributed by atoms with Gasteiger partial charge in [0.25, 0.3) is 0 Å². The molecule has 1 N–H and O–H groups in total. The molecule has 0 amide bonds. The Labute approximate surface area is 170 Å². The molecule has 0 aromatic heterocycles. The van der Waals surface area contributed by atoms with Gasteiger partial charge in [-0.25, -0.2) is 4.79 Å². The van der Waals surface area contributed by atoms with Crippen molar-refractivity contribution in [3.8, 4) is 0 Å². The van der Waals surface area contributed by atoms with Crippen molar-refractivity contribution in [2.45, 2.75) is 82.4 Å². The van der Waals surface area contributed by atoms with Crippen LogP contribution in [0.2, 0.25) is 0 Å². The molecule has 0 aliphatic heterocycles. The molecule has 3 rings (SSSR count).